The fourth-order valence-corrected chi connectivity index (χ4v) is 4.15. The number of ether oxygens (including phenoxy) is 1. The molecular formula is C24H22FN3O5. The monoisotopic (exact) mass is 451 g/mol. The van der Waals surface area contributed by atoms with Crippen molar-refractivity contribution in [2.75, 3.05) is 13.7 Å². The van der Waals surface area contributed by atoms with Gasteiger partial charge >= 0.3 is 0 Å². The lowest BCUT2D eigenvalue weighted by atomic mass is 9.86. The van der Waals surface area contributed by atoms with Crippen LogP contribution in [0, 0.1) is 11.7 Å². The first-order valence-corrected chi connectivity index (χ1v) is 10.4. The minimum Gasteiger partial charge on any atom is -0.508 e. The Hall–Kier alpha value is -4.01. The number of carbonyl (C=O) groups excluding carboxylic acids is 3. The van der Waals surface area contributed by atoms with Gasteiger partial charge in [0.1, 0.15) is 11.7 Å². The van der Waals surface area contributed by atoms with Crippen molar-refractivity contribution in [1.82, 2.24) is 14.5 Å². The summed E-state index contributed by atoms with van der Waals surface area (Å²) >= 11 is 0. The molecular weight excluding hydrogens is 429 g/mol. The molecule has 1 amide bonds. The molecule has 1 N–H and O–H groups in total. The molecule has 0 saturated carbocycles. The van der Waals surface area contributed by atoms with Gasteiger partial charge in [0.25, 0.3) is 5.91 Å². The predicted octanol–water partition coefficient (Wildman–Crippen LogP) is 2.78. The maximum atomic E-state index is 14.2. The van der Waals surface area contributed by atoms with Gasteiger partial charge in [-0.2, -0.15) is 0 Å². The number of hydrogen-bond donors (Lipinski definition) is 1. The minimum absolute atomic E-state index is 0.0361. The van der Waals surface area contributed by atoms with Crippen LogP contribution in [0.2, 0.25) is 0 Å². The molecule has 9 heteroatoms. The highest BCUT2D eigenvalue weighted by Crippen LogP contribution is 2.39. The molecule has 1 aliphatic rings. The number of amides is 1. The second-order valence-corrected chi connectivity index (χ2v) is 7.75. The van der Waals surface area contributed by atoms with Gasteiger partial charge < -0.3 is 19.3 Å². The zero-order chi connectivity index (χ0) is 23.5. The number of nitrogens with zero attached hydrogens (tertiary/aromatic N) is 3. The van der Waals surface area contributed by atoms with E-state index in [2.05, 4.69) is 4.98 Å². The van der Waals surface area contributed by atoms with Gasteiger partial charge in [-0.3, -0.25) is 14.4 Å². The summed E-state index contributed by atoms with van der Waals surface area (Å²) in [6, 6.07) is 8.86. The van der Waals surface area contributed by atoms with Crippen molar-refractivity contribution in [2.24, 2.45) is 5.92 Å². The van der Waals surface area contributed by atoms with Crippen LogP contribution in [0.4, 0.5) is 4.39 Å². The van der Waals surface area contributed by atoms with E-state index in [1.165, 1.54) is 36.3 Å². The van der Waals surface area contributed by atoms with Crippen LogP contribution in [0.5, 0.6) is 11.5 Å². The third-order valence-corrected chi connectivity index (χ3v) is 5.71. The Kier molecular flexibility index (Phi) is 6.21. The fraction of sp³-hybridized carbons (Fsp3) is 0.250. The van der Waals surface area contributed by atoms with E-state index in [9.17, 15) is 23.9 Å². The smallest absolute Gasteiger partial charge is 0.291 e. The Morgan fingerprint density at radius 3 is 2.67 bits per heavy atom. The maximum Gasteiger partial charge on any atom is 0.291 e. The van der Waals surface area contributed by atoms with E-state index in [4.69, 9.17) is 4.74 Å². The molecule has 0 radical (unpaired) electrons. The van der Waals surface area contributed by atoms with Crippen molar-refractivity contribution in [3.8, 4) is 11.5 Å². The number of rotatable bonds is 8. The summed E-state index contributed by atoms with van der Waals surface area (Å²) in [6.45, 7) is 0.775. The second kappa shape index (κ2) is 9.23. The number of aromatic nitrogens is 2. The molecule has 33 heavy (non-hydrogen) atoms. The Morgan fingerprint density at radius 2 is 2.00 bits per heavy atom. The second-order valence-electron chi connectivity index (χ2n) is 7.75. The van der Waals surface area contributed by atoms with Crippen molar-refractivity contribution in [3.05, 3.63) is 78.1 Å². The number of aromatic hydroxyl groups is 1. The molecule has 2 atom stereocenters. The number of halogens is 1. The van der Waals surface area contributed by atoms with Gasteiger partial charge in [0.2, 0.25) is 5.78 Å². The van der Waals surface area contributed by atoms with Crippen molar-refractivity contribution in [3.63, 3.8) is 0 Å². The molecule has 8 nitrogen and oxygen atoms in total. The standard InChI is InChI=1S/C24H22FN3O5/c1-33-19-7-6-16(13-18(19)25)22(30)20-21(15-4-2-5-17(29)12-15)28(24(32)23(20)31)10-3-9-27-11-8-26-14-27/h2,4-8,11-14,20-21,29H,3,9-10H2,1H3. The Labute approximate surface area is 189 Å². The molecule has 2 aromatic carbocycles. The third-order valence-electron chi connectivity index (χ3n) is 5.71. The van der Waals surface area contributed by atoms with Gasteiger partial charge in [-0.15, -0.1) is 0 Å². The lowest BCUT2D eigenvalue weighted by Gasteiger charge is -2.27. The molecule has 3 aromatic rings. The summed E-state index contributed by atoms with van der Waals surface area (Å²) in [7, 11) is 1.30. The predicted molar refractivity (Wildman–Crippen MR) is 115 cm³/mol. The van der Waals surface area contributed by atoms with Crippen molar-refractivity contribution >= 4 is 17.5 Å². The number of methoxy groups -OCH3 is 1. The first-order valence-electron chi connectivity index (χ1n) is 10.4. The van der Waals surface area contributed by atoms with Gasteiger partial charge in [0.05, 0.1) is 19.5 Å². The first-order chi connectivity index (χ1) is 15.9. The summed E-state index contributed by atoms with van der Waals surface area (Å²) < 4.78 is 21.0. The highest BCUT2D eigenvalue weighted by molar-refractivity contribution is 6.44. The van der Waals surface area contributed by atoms with E-state index in [1.807, 2.05) is 4.57 Å². The summed E-state index contributed by atoms with van der Waals surface area (Å²) in [5, 5.41) is 9.98. The van der Waals surface area contributed by atoms with Gasteiger partial charge in [-0.25, -0.2) is 9.37 Å². The molecule has 1 fully saturated rings. The number of benzene rings is 2. The molecule has 4 rings (SSSR count). The number of ketones is 2. The van der Waals surface area contributed by atoms with E-state index < -0.39 is 35.3 Å². The van der Waals surface area contributed by atoms with Gasteiger partial charge in [-0.05, 0) is 42.3 Å². The quantitative estimate of drug-likeness (QED) is 0.321. The highest BCUT2D eigenvalue weighted by Gasteiger charge is 2.51. The van der Waals surface area contributed by atoms with Gasteiger partial charge in [0, 0.05) is 31.0 Å². The van der Waals surface area contributed by atoms with Crippen LogP contribution in [0.15, 0.2) is 61.2 Å². The van der Waals surface area contributed by atoms with Gasteiger partial charge in [-0.1, -0.05) is 12.1 Å². The maximum absolute atomic E-state index is 14.2. The summed E-state index contributed by atoms with van der Waals surface area (Å²) in [4.78, 5) is 44.6. The molecule has 0 bridgehead atoms. The fourth-order valence-electron chi connectivity index (χ4n) is 4.15. The summed E-state index contributed by atoms with van der Waals surface area (Å²) in [6.07, 6.45) is 5.59. The first kappa shape index (κ1) is 22.2. The number of likely N-dealkylation sites (tertiary alicyclic amines) is 1. The van der Waals surface area contributed by atoms with Crippen LogP contribution >= 0.6 is 0 Å². The van der Waals surface area contributed by atoms with Crippen LogP contribution in [0.25, 0.3) is 0 Å². The number of imidazole rings is 1. The molecule has 2 unspecified atom stereocenters. The van der Waals surface area contributed by atoms with Crippen LogP contribution < -0.4 is 4.74 Å². The average Bonchev–Trinajstić information content (AvgIpc) is 3.41. The zero-order valence-electron chi connectivity index (χ0n) is 17.8. The third kappa shape index (κ3) is 4.34. The van der Waals surface area contributed by atoms with E-state index >= 15 is 0 Å². The topological polar surface area (TPSA) is 102 Å². The van der Waals surface area contributed by atoms with Crippen molar-refractivity contribution in [2.45, 2.75) is 19.0 Å². The van der Waals surface area contributed by atoms with Crippen LogP contribution in [0.1, 0.15) is 28.4 Å². The summed E-state index contributed by atoms with van der Waals surface area (Å²) in [5.41, 5.74) is 0.411. The van der Waals surface area contributed by atoms with E-state index in [0.29, 0.717) is 18.5 Å². The number of carbonyl (C=O) groups is 3. The molecule has 1 aliphatic heterocycles. The molecule has 0 spiro atoms. The van der Waals surface area contributed by atoms with Crippen LogP contribution in [-0.2, 0) is 16.1 Å². The van der Waals surface area contributed by atoms with Crippen molar-refractivity contribution < 1.29 is 28.6 Å². The van der Waals surface area contributed by atoms with Crippen LogP contribution in [0.3, 0.4) is 0 Å². The average molecular weight is 451 g/mol. The van der Waals surface area contributed by atoms with Crippen molar-refractivity contribution in [1.29, 1.82) is 0 Å². The molecule has 0 aliphatic carbocycles. The number of aryl methyl sites for hydroxylation is 1. The normalized spacial score (nSPS) is 18.1. The Bertz CT molecular complexity index is 1190. The zero-order valence-corrected chi connectivity index (χ0v) is 17.8. The molecule has 170 valence electrons. The lowest BCUT2D eigenvalue weighted by Crippen LogP contribution is -2.32. The highest BCUT2D eigenvalue weighted by atomic mass is 19.1. The minimum atomic E-state index is -1.36. The van der Waals surface area contributed by atoms with E-state index in [-0.39, 0.29) is 23.6 Å². The lowest BCUT2D eigenvalue weighted by molar-refractivity contribution is -0.140. The summed E-state index contributed by atoms with van der Waals surface area (Å²) in [5.74, 6) is -4.49. The Morgan fingerprint density at radius 1 is 1.18 bits per heavy atom. The SMILES string of the molecule is COc1ccc(C(=O)C2C(=O)C(=O)N(CCCn3ccnc3)C2c2cccc(O)c2)cc1F. The van der Waals surface area contributed by atoms with E-state index in [1.54, 1.807) is 30.9 Å². The number of hydrogen-bond acceptors (Lipinski definition) is 6. The number of Topliss-reactive ketones (excluding diaryl/α,β-unsaturated/α-hetero) is 2. The van der Waals surface area contributed by atoms with Crippen LogP contribution in [-0.4, -0.2) is 50.7 Å². The largest absolute Gasteiger partial charge is 0.508 e. The molecule has 1 aromatic heterocycles. The number of phenolic OH excluding ortho intramolecular Hbond substituents is 1. The number of phenols is 1. The molecule has 1 saturated heterocycles. The van der Waals surface area contributed by atoms with E-state index in [0.717, 1.165) is 6.07 Å². The Balaban J connectivity index is 1.67. The van der Waals surface area contributed by atoms with Gasteiger partial charge in [0.15, 0.2) is 17.3 Å². The molecule has 2 heterocycles.